The fourth-order valence-electron chi connectivity index (χ4n) is 3.80. The molecule has 2 N–H and O–H groups in total. The van der Waals surface area contributed by atoms with Gasteiger partial charge >= 0.3 is 0 Å². The van der Waals surface area contributed by atoms with Crippen molar-refractivity contribution in [2.45, 2.75) is 38.6 Å². The molecule has 3 atom stereocenters. The van der Waals surface area contributed by atoms with Crippen molar-refractivity contribution < 1.29 is 4.79 Å². The number of hydrogen-bond acceptors (Lipinski definition) is 2. The first-order chi connectivity index (χ1) is 9.65. The Hall–Kier alpha value is -1.35. The van der Waals surface area contributed by atoms with Gasteiger partial charge in [-0.2, -0.15) is 0 Å². The summed E-state index contributed by atoms with van der Waals surface area (Å²) in [6.07, 6.45) is 3.82. The first kappa shape index (κ1) is 13.6. The lowest BCUT2D eigenvalue weighted by atomic mass is 9.98. The SMILES string of the molecule is Cc1ccccc1CCC(=O)N1CC2CCC(N)C2C1. The lowest BCUT2D eigenvalue weighted by molar-refractivity contribution is -0.130. The van der Waals surface area contributed by atoms with Crippen LogP contribution in [-0.2, 0) is 11.2 Å². The molecule has 1 saturated heterocycles. The van der Waals surface area contributed by atoms with Gasteiger partial charge in [-0.1, -0.05) is 24.3 Å². The molecule has 1 aliphatic heterocycles. The number of rotatable bonds is 3. The smallest absolute Gasteiger partial charge is 0.222 e. The van der Waals surface area contributed by atoms with Crippen molar-refractivity contribution in [1.29, 1.82) is 0 Å². The predicted molar refractivity (Wildman–Crippen MR) is 80.3 cm³/mol. The molecular formula is C17H24N2O. The molecule has 0 spiro atoms. The van der Waals surface area contributed by atoms with E-state index in [2.05, 4.69) is 19.1 Å². The highest BCUT2D eigenvalue weighted by Gasteiger charge is 2.42. The van der Waals surface area contributed by atoms with E-state index in [1.165, 1.54) is 17.5 Å². The summed E-state index contributed by atoms with van der Waals surface area (Å²) in [5.41, 5.74) is 8.70. The first-order valence-electron chi connectivity index (χ1n) is 7.73. The molecular weight excluding hydrogens is 248 g/mol. The minimum atomic E-state index is 0.301. The lowest BCUT2D eigenvalue weighted by Gasteiger charge is -2.19. The number of benzene rings is 1. The van der Waals surface area contributed by atoms with E-state index in [-0.39, 0.29) is 0 Å². The minimum Gasteiger partial charge on any atom is -0.342 e. The topological polar surface area (TPSA) is 46.3 Å². The molecule has 0 bridgehead atoms. The van der Waals surface area contributed by atoms with Crippen molar-refractivity contribution in [2.24, 2.45) is 17.6 Å². The normalized spacial score (nSPS) is 28.7. The van der Waals surface area contributed by atoms with E-state index in [9.17, 15) is 4.79 Å². The zero-order valence-electron chi connectivity index (χ0n) is 12.2. The fourth-order valence-corrected chi connectivity index (χ4v) is 3.80. The van der Waals surface area contributed by atoms with Crippen molar-refractivity contribution >= 4 is 5.91 Å². The van der Waals surface area contributed by atoms with Crippen LogP contribution in [-0.4, -0.2) is 29.9 Å². The number of nitrogens with two attached hydrogens (primary N) is 1. The van der Waals surface area contributed by atoms with Crippen molar-refractivity contribution in [3.63, 3.8) is 0 Å². The van der Waals surface area contributed by atoms with Gasteiger partial charge in [-0.25, -0.2) is 0 Å². The van der Waals surface area contributed by atoms with Crippen LogP contribution in [0.1, 0.15) is 30.4 Å². The highest BCUT2D eigenvalue weighted by atomic mass is 16.2. The Morgan fingerprint density at radius 1 is 1.30 bits per heavy atom. The van der Waals surface area contributed by atoms with Crippen LogP contribution in [0.5, 0.6) is 0 Å². The van der Waals surface area contributed by atoms with Crippen LogP contribution in [0.15, 0.2) is 24.3 Å². The average Bonchev–Trinajstić information content (AvgIpc) is 3.00. The maximum atomic E-state index is 12.4. The zero-order valence-corrected chi connectivity index (χ0v) is 12.2. The van der Waals surface area contributed by atoms with Crippen molar-refractivity contribution in [3.8, 4) is 0 Å². The minimum absolute atomic E-state index is 0.301. The molecule has 0 aromatic heterocycles. The molecule has 3 heteroatoms. The zero-order chi connectivity index (χ0) is 14.1. The number of carbonyl (C=O) groups excluding carboxylic acids is 1. The second-order valence-electron chi connectivity index (χ2n) is 6.39. The van der Waals surface area contributed by atoms with Gasteiger partial charge in [0.25, 0.3) is 0 Å². The Bertz CT molecular complexity index is 500. The predicted octanol–water partition coefficient (Wildman–Crippen LogP) is 2.12. The largest absolute Gasteiger partial charge is 0.342 e. The maximum absolute atomic E-state index is 12.4. The maximum Gasteiger partial charge on any atom is 0.222 e. The Labute approximate surface area is 121 Å². The summed E-state index contributed by atoms with van der Waals surface area (Å²) in [4.78, 5) is 14.4. The van der Waals surface area contributed by atoms with Crippen LogP contribution in [0.4, 0.5) is 0 Å². The van der Waals surface area contributed by atoms with Gasteiger partial charge < -0.3 is 10.6 Å². The van der Waals surface area contributed by atoms with Crippen LogP contribution in [0.25, 0.3) is 0 Å². The molecule has 1 amide bonds. The van der Waals surface area contributed by atoms with Gasteiger partial charge in [-0.3, -0.25) is 4.79 Å². The van der Waals surface area contributed by atoms with Crippen molar-refractivity contribution in [1.82, 2.24) is 4.90 Å². The fraction of sp³-hybridized carbons (Fsp3) is 0.588. The van der Waals surface area contributed by atoms with Crippen LogP contribution in [0.3, 0.4) is 0 Å². The number of likely N-dealkylation sites (tertiary alicyclic amines) is 1. The summed E-state index contributed by atoms with van der Waals surface area (Å²) < 4.78 is 0. The van der Waals surface area contributed by atoms with Crippen molar-refractivity contribution in [3.05, 3.63) is 35.4 Å². The van der Waals surface area contributed by atoms with Crippen LogP contribution >= 0.6 is 0 Å². The summed E-state index contributed by atoms with van der Waals surface area (Å²) in [5, 5.41) is 0. The molecule has 1 aromatic rings. The summed E-state index contributed by atoms with van der Waals surface area (Å²) in [6.45, 7) is 3.93. The molecule has 3 unspecified atom stereocenters. The third-order valence-corrected chi connectivity index (χ3v) is 5.13. The Balaban J connectivity index is 1.55. The van der Waals surface area contributed by atoms with Gasteiger partial charge in [0, 0.05) is 25.6 Å². The summed E-state index contributed by atoms with van der Waals surface area (Å²) >= 11 is 0. The molecule has 2 fully saturated rings. The van der Waals surface area contributed by atoms with Crippen LogP contribution in [0, 0.1) is 18.8 Å². The summed E-state index contributed by atoms with van der Waals surface area (Å²) in [7, 11) is 0. The first-order valence-corrected chi connectivity index (χ1v) is 7.73. The van der Waals surface area contributed by atoms with E-state index in [1.807, 2.05) is 17.0 Å². The number of amides is 1. The highest BCUT2D eigenvalue weighted by molar-refractivity contribution is 5.77. The Morgan fingerprint density at radius 3 is 2.85 bits per heavy atom. The number of carbonyl (C=O) groups is 1. The monoisotopic (exact) mass is 272 g/mol. The molecule has 2 aliphatic rings. The standard InChI is InChI=1S/C17H24N2O/c1-12-4-2-3-5-13(12)7-9-17(20)19-10-14-6-8-16(18)15(14)11-19/h2-5,14-16H,6-11,18H2,1H3. The lowest BCUT2D eigenvalue weighted by Crippen LogP contribution is -2.33. The van der Waals surface area contributed by atoms with Gasteiger partial charge in [0.15, 0.2) is 0 Å². The molecule has 1 aromatic carbocycles. The molecule has 1 saturated carbocycles. The molecule has 3 rings (SSSR count). The van der Waals surface area contributed by atoms with E-state index in [0.717, 1.165) is 25.9 Å². The van der Waals surface area contributed by atoms with Gasteiger partial charge in [0.05, 0.1) is 0 Å². The molecule has 3 nitrogen and oxygen atoms in total. The third kappa shape index (κ3) is 2.59. The molecule has 20 heavy (non-hydrogen) atoms. The van der Waals surface area contributed by atoms with Crippen LogP contribution < -0.4 is 5.73 Å². The van der Waals surface area contributed by atoms with E-state index in [0.29, 0.717) is 30.2 Å². The number of nitrogens with zero attached hydrogens (tertiary/aromatic N) is 1. The number of fused-ring (bicyclic) bond motifs is 1. The van der Waals surface area contributed by atoms with Gasteiger partial charge in [-0.15, -0.1) is 0 Å². The highest BCUT2D eigenvalue weighted by Crippen LogP contribution is 2.37. The molecule has 1 aliphatic carbocycles. The van der Waals surface area contributed by atoms with Gasteiger partial charge in [0.2, 0.25) is 5.91 Å². The third-order valence-electron chi connectivity index (χ3n) is 5.13. The van der Waals surface area contributed by atoms with Gasteiger partial charge in [-0.05, 0) is 49.1 Å². The van der Waals surface area contributed by atoms with E-state index < -0.39 is 0 Å². The van der Waals surface area contributed by atoms with E-state index >= 15 is 0 Å². The molecule has 108 valence electrons. The Kier molecular flexibility index (Phi) is 3.79. The van der Waals surface area contributed by atoms with E-state index in [4.69, 9.17) is 5.73 Å². The summed E-state index contributed by atoms with van der Waals surface area (Å²) in [5.74, 6) is 1.51. The second kappa shape index (κ2) is 5.57. The van der Waals surface area contributed by atoms with Gasteiger partial charge in [0.1, 0.15) is 0 Å². The number of aryl methyl sites for hydroxylation is 2. The van der Waals surface area contributed by atoms with E-state index in [1.54, 1.807) is 0 Å². The summed E-state index contributed by atoms with van der Waals surface area (Å²) in [6, 6.07) is 8.64. The second-order valence-corrected chi connectivity index (χ2v) is 6.39. The average molecular weight is 272 g/mol. The Morgan fingerprint density at radius 2 is 2.10 bits per heavy atom. The van der Waals surface area contributed by atoms with Crippen molar-refractivity contribution in [2.75, 3.05) is 13.1 Å². The molecule has 1 heterocycles. The quantitative estimate of drug-likeness (QED) is 0.916. The number of hydrogen-bond donors (Lipinski definition) is 1. The molecule has 0 radical (unpaired) electrons. The van der Waals surface area contributed by atoms with Crippen LogP contribution in [0.2, 0.25) is 0 Å².